The van der Waals surface area contributed by atoms with E-state index in [2.05, 4.69) is 15.9 Å². The van der Waals surface area contributed by atoms with Crippen LogP contribution in [0.2, 0.25) is 5.02 Å². The van der Waals surface area contributed by atoms with Crippen LogP contribution < -0.4 is 5.73 Å². The van der Waals surface area contributed by atoms with Gasteiger partial charge in [-0.2, -0.15) is 0 Å². The standard InChI is InChI=1S/C10H12BrClFN/c11-10-7(3-1-2-6-14)9(13)5-4-8(10)12/h4-5H,1-3,6,14H2. The van der Waals surface area contributed by atoms with E-state index < -0.39 is 0 Å². The fourth-order valence-corrected chi connectivity index (χ4v) is 1.94. The Kier molecular flexibility index (Phi) is 4.85. The van der Waals surface area contributed by atoms with Crippen LogP contribution in [0.25, 0.3) is 0 Å². The summed E-state index contributed by atoms with van der Waals surface area (Å²) in [5.41, 5.74) is 6.01. The van der Waals surface area contributed by atoms with E-state index in [4.69, 9.17) is 17.3 Å². The van der Waals surface area contributed by atoms with Gasteiger partial charge in [-0.05, 0) is 53.9 Å². The Hall–Kier alpha value is -0.120. The van der Waals surface area contributed by atoms with Gasteiger partial charge in [0.05, 0.1) is 5.02 Å². The van der Waals surface area contributed by atoms with Gasteiger partial charge in [-0.15, -0.1) is 0 Å². The van der Waals surface area contributed by atoms with Crippen LogP contribution in [-0.2, 0) is 6.42 Å². The lowest BCUT2D eigenvalue weighted by Gasteiger charge is -2.06. The van der Waals surface area contributed by atoms with Crippen LogP contribution in [0.5, 0.6) is 0 Å². The van der Waals surface area contributed by atoms with E-state index in [9.17, 15) is 4.39 Å². The van der Waals surface area contributed by atoms with Gasteiger partial charge in [0.25, 0.3) is 0 Å². The second-order valence-electron chi connectivity index (χ2n) is 3.07. The first-order valence-electron chi connectivity index (χ1n) is 4.49. The highest BCUT2D eigenvalue weighted by atomic mass is 79.9. The van der Waals surface area contributed by atoms with Gasteiger partial charge in [0.1, 0.15) is 5.82 Å². The molecule has 0 heterocycles. The van der Waals surface area contributed by atoms with E-state index in [1.807, 2.05) is 0 Å². The Balaban J connectivity index is 2.79. The molecule has 0 fully saturated rings. The fourth-order valence-electron chi connectivity index (χ4n) is 1.24. The molecule has 1 rings (SSSR count). The number of rotatable bonds is 4. The third kappa shape index (κ3) is 2.94. The summed E-state index contributed by atoms with van der Waals surface area (Å²) in [4.78, 5) is 0. The molecule has 4 heteroatoms. The van der Waals surface area contributed by atoms with E-state index >= 15 is 0 Å². The van der Waals surface area contributed by atoms with Crippen LogP contribution in [0.15, 0.2) is 16.6 Å². The van der Waals surface area contributed by atoms with Gasteiger partial charge in [-0.3, -0.25) is 0 Å². The molecule has 0 saturated heterocycles. The van der Waals surface area contributed by atoms with E-state index in [-0.39, 0.29) is 5.82 Å². The summed E-state index contributed by atoms with van der Waals surface area (Å²) < 4.78 is 14.0. The van der Waals surface area contributed by atoms with Gasteiger partial charge in [-0.1, -0.05) is 11.6 Å². The van der Waals surface area contributed by atoms with Crippen LogP contribution in [0.3, 0.4) is 0 Å². The molecule has 78 valence electrons. The Morgan fingerprint density at radius 3 is 2.71 bits per heavy atom. The molecule has 1 aromatic rings. The SMILES string of the molecule is NCCCCc1c(F)ccc(Cl)c1Br. The number of nitrogens with two attached hydrogens (primary N) is 1. The van der Waals surface area contributed by atoms with Crippen LogP contribution in [0.4, 0.5) is 4.39 Å². The van der Waals surface area contributed by atoms with Crippen molar-refractivity contribution in [2.45, 2.75) is 19.3 Å². The first-order valence-corrected chi connectivity index (χ1v) is 5.66. The average molecular weight is 281 g/mol. The minimum Gasteiger partial charge on any atom is -0.330 e. The normalized spacial score (nSPS) is 10.6. The average Bonchev–Trinajstić information content (AvgIpc) is 2.18. The highest BCUT2D eigenvalue weighted by molar-refractivity contribution is 9.10. The molecule has 2 N–H and O–H groups in total. The van der Waals surface area contributed by atoms with Gasteiger partial charge in [0.2, 0.25) is 0 Å². The predicted octanol–water partition coefficient (Wildman–Crippen LogP) is 3.52. The minimum atomic E-state index is -0.210. The van der Waals surface area contributed by atoms with Crippen molar-refractivity contribution in [3.05, 3.63) is 33.0 Å². The molecule has 0 bridgehead atoms. The molecule has 1 aromatic carbocycles. The summed E-state index contributed by atoms with van der Waals surface area (Å²) >= 11 is 9.14. The molecular formula is C10H12BrClFN. The fraction of sp³-hybridized carbons (Fsp3) is 0.400. The predicted molar refractivity (Wildman–Crippen MR) is 61.1 cm³/mol. The zero-order valence-electron chi connectivity index (χ0n) is 7.69. The van der Waals surface area contributed by atoms with Crippen molar-refractivity contribution < 1.29 is 4.39 Å². The van der Waals surface area contributed by atoms with Crippen LogP contribution in [0.1, 0.15) is 18.4 Å². The quantitative estimate of drug-likeness (QED) is 0.663. The molecule has 14 heavy (non-hydrogen) atoms. The van der Waals surface area contributed by atoms with Crippen LogP contribution in [0, 0.1) is 5.82 Å². The van der Waals surface area contributed by atoms with E-state index in [0.717, 1.165) is 12.8 Å². The Morgan fingerprint density at radius 1 is 1.36 bits per heavy atom. The number of halogens is 3. The second-order valence-corrected chi connectivity index (χ2v) is 4.27. The molecule has 0 aliphatic heterocycles. The van der Waals surface area contributed by atoms with Gasteiger partial charge in [0.15, 0.2) is 0 Å². The molecule has 0 saturated carbocycles. The summed E-state index contributed by atoms with van der Waals surface area (Å²) in [6.07, 6.45) is 2.45. The molecule has 1 nitrogen and oxygen atoms in total. The van der Waals surface area contributed by atoms with Crippen molar-refractivity contribution in [1.82, 2.24) is 0 Å². The van der Waals surface area contributed by atoms with Crippen LogP contribution >= 0.6 is 27.5 Å². The van der Waals surface area contributed by atoms with Crippen molar-refractivity contribution in [3.8, 4) is 0 Å². The summed E-state index contributed by atoms with van der Waals surface area (Å²) in [6, 6.07) is 2.94. The highest BCUT2D eigenvalue weighted by Gasteiger charge is 2.09. The van der Waals surface area contributed by atoms with Crippen LogP contribution in [-0.4, -0.2) is 6.54 Å². The maximum absolute atomic E-state index is 13.3. The monoisotopic (exact) mass is 279 g/mol. The molecule has 0 aliphatic carbocycles. The Labute approximate surface area is 96.6 Å². The highest BCUT2D eigenvalue weighted by Crippen LogP contribution is 2.29. The van der Waals surface area contributed by atoms with Crippen molar-refractivity contribution in [2.24, 2.45) is 5.73 Å². The third-order valence-electron chi connectivity index (χ3n) is 2.02. The molecule has 0 aromatic heterocycles. The zero-order valence-corrected chi connectivity index (χ0v) is 10.0. The van der Waals surface area contributed by atoms with Gasteiger partial charge < -0.3 is 5.73 Å². The molecular weight excluding hydrogens is 268 g/mol. The van der Waals surface area contributed by atoms with Gasteiger partial charge >= 0.3 is 0 Å². The van der Waals surface area contributed by atoms with Gasteiger partial charge in [-0.25, -0.2) is 4.39 Å². The van der Waals surface area contributed by atoms with E-state index in [1.54, 1.807) is 6.07 Å². The minimum absolute atomic E-state index is 0.210. The third-order valence-corrected chi connectivity index (χ3v) is 3.47. The maximum atomic E-state index is 13.3. The van der Waals surface area contributed by atoms with Crippen molar-refractivity contribution >= 4 is 27.5 Å². The van der Waals surface area contributed by atoms with E-state index in [0.29, 0.717) is 28.0 Å². The number of unbranched alkanes of at least 4 members (excludes halogenated alkanes) is 1. The lowest BCUT2D eigenvalue weighted by Crippen LogP contribution is -2.00. The molecule has 0 radical (unpaired) electrons. The van der Waals surface area contributed by atoms with Gasteiger partial charge in [0, 0.05) is 10.0 Å². The molecule has 0 unspecified atom stereocenters. The molecule has 0 aliphatic rings. The number of benzene rings is 1. The topological polar surface area (TPSA) is 26.0 Å². The molecule has 0 spiro atoms. The first kappa shape index (κ1) is 12.0. The van der Waals surface area contributed by atoms with Crippen molar-refractivity contribution in [3.63, 3.8) is 0 Å². The first-order chi connectivity index (χ1) is 6.66. The Bertz CT molecular complexity index is 317. The number of hydrogen-bond donors (Lipinski definition) is 1. The maximum Gasteiger partial charge on any atom is 0.127 e. The Morgan fingerprint density at radius 2 is 2.07 bits per heavy atom. The smallest absolute Gasteiger partial charge is 0.127 e. The van der Waals surface area contributed by atoms with Crippen molar-refractivity contribution in [1.29, 1.82) is 0 Å². The largest absolute Gasteiger partial charge is 0.330 e. The summed E-state index contributed by atoms with van der Waals surface area (Å²) in [7, 11) is 0. The molecule has 0 amide bonds. The summed E-state index contributed by atoms with van der Waals surface area (Å²) in [5, 5.41) is 0.550. The zero-order chi connectivity index (χ0) is 10.6. The lowest BCUT2D eigenvalue weighted by atomic mass is 10.1. The summed E-state index contributed by atoms with van der Waals surface area (Å²) in [6.45, 7) is 0.639. The second kappa shape index (κ2) is 5.69. The van der Waals surface area contributed by atoms with E-state index in [1.165, 1.54) is 6.07 Å². The molecule has 0 atom stereocenters. The lowest BCUT2D eigenvalue weighted by molar-refractivity contribution is 0.599. The summed E-state index contributed by atoms with van der Waals surface area (Å²) in [5.74, 6) is -0.210. The van der Waals surface area contributed by atoms with Crippen molar-refractivity contribution in [2.75, 3.05) is 6.54 Å². The number of hydrogen-bond acceptors (Lipinski definition) is 1.